The van der Waals surface area contributed by atoms with Crippen molar-refractivity contribution >= 4 is 34.2 Å². The molecule has 4 nitrogen and oxygen atoms in total. The van der Waals surface area contributed by atoms with E-state index in [-0.39, 0.29) is 0 Å². The molecule has 1 aromatic carbocycles. The molecule has 8 bridgehead atoms. The molecule has 0 amide bonds. The normalized spacial score (nSPS) is 12.3. The molecule has 0 radical (unpaired) electrons. The summed E-state index contributed by atoms with van der Waals surface area (Å²) in [4.78, 5) is 16.2. The van der Waals surface area contributed by atoms with Crippen LogP contribution in [0.15, 0.2) is 84.9 Å². The number of nitrogens with zero attached hydrogens (tertiary/aromatic N) is 2. The van der Waals surface area contributed by atoms with Crippen LogP contribution in [0, 0.1) is 0 Å². The van der Waals surface area contributed by atoms with E-state index in [1.165, 1.54) is 0 Å². The number of aromatic amines is 2. The van der Waals surface area contributed by atoms with Crippen LogP contribution in [0.1, 0.15) is 22.8 Å². The summed E-state index contributed by atoms with van der Waals surface area (Å²) in [7, 11) is 0. The van der Waals surface area contributed by atoms with Gasteiger partial charge >= 0.3 is 0 Å². The highest BCUT2D eigenvalue weighted by Gasteiger charge is 2.06. The monoisotopic (exact) mass is 390 g/mol. The molecule has 0 saturated heterocycles. The summed E-state index contributed by atoms with van der Waals surface area (Å²) in [6.45, 7) is 0. The molecule has 3 aromatic heterocycles. The van der Waals surface area contributed by atoms with Crippen molar-refractivity contribution in [3.8, 4) is 0 Å². The molecule has 146 valence electrons. The van der Waals surface area contributed by atoms with Crippen molar-refractivity contribution in [2.45, 2.75) is 12.8 Å². The maximum absolute atomic E-state index is 4.75. The molecule has 2 aliphatic heterocycles. The van der Waals surface area contributed by atoms with E-state index in [2.05, 4.69) is 63.5 Å². The number of fused-ring (bicyclic) bond motifs is 8. The van der Waals surface area contributed by atoms with E-state index in [0.717, 1.165) is 57.7 Å². The fourth-order valence-corrected chi connectivity index (χ4v) is 3.57. The lowest BCUT2D eigenvalue weighted by molar-refractivity contribution is 1.03. The summed E-state index contributed by atoms with van der Waals surface area (Å²) < 4.78 is 0. The van der Waals surface area contributed by atoms with E-state index >= 15 is 0 Å². The molecular formula is C26H22N4. The summed E-state index contributed by atoms with van der Waals surface area (Å²) in [6.07, 6.45) is 6.03. The van der Waals surface area contributed by atoms with E-state index in [1.807, 2.05) is 48.6 Å². The number of hydrogen-bond donors (Lipinski definition) is 2. The van der Waals surface area contributed by atoms with Crippen molar-refractivity contribution < 1.29 is 0 Å². The molecule has 6 rings (SSSR count). The van der Waals surface area contributed by atoms with Gasteiger partial charge in [0.25, 0.3) is 0 Å². The molecule has 0 fully saturated rings. The first-order valence-corrected chi connectivity index (χ1v) is 10.1. The number of nitrogens with one attached hydrogen (secondary N) is 2. The van der Waals surface area contributed by atoms with Gasteiger partial charge in [0.15, 0.2) is 0 Å². The summed E-state index contributed by atoms with van der Waals surface area (Å²) >= 11 is 0. The lowest BCUT2D eigenvalue weighted by Crippen LogP contribution is -1.77. The Balaban J connectivity index is 0.000000279. The molecule has 5 heterocycles. The van der Waals surface area contributed by atoms with Crippen LogP contribution in [0.4, 0.5) is 0 Å². The molecular weight excluding hydrogens is 368 g/mol. The van der Waals surface area contributed by atoms with Crippen molar-refractivity contribution in [3.05, 3.63) is 108 Å². The fraction of sp³-hybridized carbons (Fsp3) is 0.0769. The molecule has 0 aliphatic carbocycles. The van der Waals surface area contributed by atoms with Gasteiger partial charge in [-0.15, -0.1) is 0 Å². The number of aryl methyl sites for hydroxylation is 2. The third kappa shape index (κ3) is 4.39. The number of rotatable bonds is 0. The summed E-state index contributed by atoms with van der Waals surface area (Å²) in [5, 5.41) is 0. The zero-order chi connectivity index (χ0) is 20.2. The molecule has 30 heavy (non-hydrogen) atoms. The molecule has 0 saturated carbocycles. The fourth-order valence-electron chi connectivity index (χ4n) is 3.57. The van der Waals surface area contributed by atoms with Crippen LogP contribution in [0.3, 0.4) is 0 Å². The molecule has 2 N–H and O–H groups in total. The Morgan fingerprint density at radius 2 is 0.900 bits per heavy atom. The zero-order valence-electron chi connectivity index (χ0n) is 16.5. The molecule has 0 unspecified atom stereocenters. The summed E-state index contributed by atoms with van der Waals surface area (Å²) in [6, 6.07) is 28.7. The second kappa shape index (κ2) is 8.21. The average molecular weight is 390 g/mol. The van der Waals surface area contributed by atoms with E-state index < -0.39 is 0 Å². The minimum absolute atomic E-state index is 0.953. The van der Waals surface area contributed by atoms with E-state index in [0.29, 0.717) is 0 Å². The minimum Gasteiger partial charge on any atom is -0.355 e. The topological polar surface area (TPSA) is 57.4 Å². The van der Waals surface area contributed by atoms with Crippen molar-refractivity contribution in [2.75, 3.05) is 0 Å². The van der Waals surface area contributed by atoms with Crippen LogP contribution in [0.5, 0.6) is 0 Å². The van der Waals surface area contributed by atoms with Crippen LogP contribution in [0.2, 0.25) is 0 Å². The standard InChI is InChI=1S/C20H16N4.C6H6/c1-2-14-10-16-5-6-18(23-16)12-20-8-7-19(24-20)11-17-4-3-15(22-17)9-13(1)21-14;1-2-4-6-5-3-1/h1-6,9-12,22-23H,7-8H2;1-6H. The first-order valence-electron chi connectivity index (χ1n) is 10.1. The molecule has 4 heteroatoms. The molecule has 0 spiro atoms. The third-order valence-electron chi connectivity index (χ3n) is 4.99. The van der Waals surface area contributed by atoms with Crippen LogP contribution in [0.25, 0.3) is 34.2 Å². The molecule has 2 aliphatic rings. The van der Waals surface area contributed by atoms with Gasteiger partial charge in [-0.3, -0.25) is 4.98 Å². The lowest BCUT2D eigenvalue weighted by Gasteiger charge is -1.85. The Morgan fingerprint density at radius 1 is 0.500 bits per heavy atom. The van der Waals surface area contributed by atoms with E-state index in [1.54, 1.807) is 0 Å². The quantitative estimate of drug-likeness (QED) is 0.343. The highest BCUT2D eigenvalue weighted by atomic mass is 14.8. The molecule has 0 atom stereocenters. The first kappa shape index (κ1) is 18.1. The maximum Gasteiger partial charge on any atom is 0.0658 e. The van der Waals surface area contributed by atoms with Gasteiger partial charge in [0.1, 0.15) is 0 Å². The van der Waals surface area contributed by atoms with Crippen molar-refractivity contribution in [1.82, 2.24) is 19.9 Å². The number of aromatic nitrogens is 4. The third-order valence-corrected chi connectivity index (χ3v) is 4.99. The van der Waals surface area contributed by atoms with Gasteiger partial charge < -0.3 is 9.97 Å². The zero-order valence-corrected chi connectivity index (χ0v) is 16.5. The second-order valence-electron chi connectivity index (χ2n) is 7.36. The van der Waals surface area contributed by atoms with E-state index in [9.17, 15) is 0 Å². The second-order valence-corrected chi connectivity index (χ2v) is 7.36. The maximum atomic E-state index is 4.75. The van der Waals surface area contributed by atoms with Crippen molar-refractivity contribution in [1.29, 1.82) is 0 Å². The number of benzene rings is 1. The van der Waals surface area contributed by atoms with Crippen LogP contribution < -0.4 is 0 Å². The predicted octanol–water partition coefficient (Wildman–Crippen LogP) is 5.96. The van der Waals surface area contributed by atoms with Gasteiger partial charge in [0.05, 0.1) is 11.4 Å². The first-order chi connectivity index (χ1) is 14.8. The SMILES string of the molecule is C1=Cc2cc3ccc(cc4nc(cc5ccc(cc1n2)[nH]5)CC4)[nH]3.c1ccccc1. The minimum atomic E-state index is 0.953. The smallest absolute Gasteiger partial charge is 0.0658 e. The highest BCUT2D eigenvalue weighted by Crippen LogP contribution is 2.16. The Kier molecular flexibility index (Phi) is 4.96. The van der Waals surface area contributed by atoms with Gasteiger partial charge in [0, 0.05) is 33.5 Å². The summed E-state index contributed by atoms with van der Waals surface area (Å²) in [5.74, 6) is 0. The van der Waals surface area contributed by atoms with E-state index in [4.69, 9.17) is 4.98 Å². The summed E-state index contributed by atoms with van der Waals surface area (Å²) in [5.41, 5.74) is 8.40. The van der Waals surface area contributed by atoms with Gasteiger partial charge in [-0.25, -0.2) is 4.98 Å². The van der Waals surface area contributed by atoms with Gasteiger partial charge in [-0.05, 0) is 73.5 Å². The Bertz CT molecular complexity index is 1230. The Morgan fingerprint density at radius 3 is 1.33 bits per heavy atom. The average Bonchev–Trinajstić information content (AvgIpc) is 3.56. The number of H-pyrrole nitrogens is 2. The van der Waals surface area contributed by atoms with Gasteiger partial charge in [-0.2, -0.15) is 0 Å². The van der Waals surface area contributed by atoms with Crippen molar-refractivity contribution in [2.24, 2.45) is 0 Å². The molecule has 4 aromatic rings. The van der Waals surface area contributed by atoms with Crippen LogP contribution >= 0.6 is 0 Å². The predicted molar refractivity (Wildman–Crippen MR) is 124 cm³/mol. The van der Waals surface area contributed by atoms with Gasteiger partial charge in [-0.1, -0.05) is 36.4 Å². The Labute approximate surface area is 175 Å². The highest BCUT2D eigenvalue weighted by molar-refractivity contribution is 5.74. The van der Waals surface area contributed by atoms with Crippen molar-refractivity contribution in [3.63, 3.8) is 0 Å². The number of hydrogen-bond acceptors (Lipinski definition) is 2. The van der Waals surface area contributed by atoms with Crippen LogP contribution in [-0.2, 0) is 12.8 Å². The van der Waals surface area contributed by atoms with Gasteiger partial charge in [0.2, 0.25) is 0 Å². The Hall–Kier alpha value is -3.92. The lowest BCUT2D eigenvalue weighted by atomic mass is 10.2. The van der Waals surface area contributed by atoms with Crippen LogP contribution in [-0.4, -0.2) is 19.9 Å². The largest absolute Gasteiger partial charge is 0.355 e.